The Morgan fingerprint density at radius 1 is 1.19 bits per heavy atom. The fraction of sp³-hybridized carbons (Fsp3) is 0.500. The zero-order chi connectivity index (χ0) is 16.0. The first kappa shape index (κ1) is 17.7. The van der Waals surface area contributed by atoms with Crippen LogP contribution in [0.1, 0.15) is 54.4 Å². The number of nitrogens with two attached hydrogens (primary N) is 1. The lowest BCUT2D eigenvalue weighted by atomic mass is 9.69. The van der Waals surface area contributed by atoms with Gasteiger partial charge in [-0.1, -0.05) is 67.0 Å². The Hall–Kier alpha value is -1.34. The quantitative estimate of drug-likeness (QED) is 0.680. The smallest absolute Gasteiger partial charge is 0.0134 e. The van der Waals surface area contributed by atoms with E-state index >= 15 is 0 Å². The maximum Gasteiger partial charge on any atom is 0.0134 e. The lowest BCUT2D eigenvalue weighted by Crippen LogP contribution is -2.41. The third-order valence-corrected chi connectivity index (χ3v) is 4.60. The van der Waals surface area contributed by atoms with Crippen LogP contribution in [0.3, 0.4) is 0 Å². The largest absolute Gasteiger partial charge is 0.327 e. The van der Waals surface area contributed by atoms with Gasteiger partial charge in [0.15, 0.2) is 0 Å². The van der Waals surface area contributed by atoms with Crippen molar-refractivity contribution < 1.29 is 0 Å². The molecular formula is C20H31N. The molecule has 116 valence electrons. The van der Waals surface area contributed by atoms with Gasteiger partial charge in [0, 0.05) is 11.5 Å². The van der Waals surface area contributed by atoms with Crippen molar-refractivity contribution in [2.45, 2.75) is 60.4 Å². The van der Waals surface area contributed by atoms with Crippen molar-refractivity contribution in [2.24, 2.45) is 11.1 Å². The summed E-state index contributed by atoms with van der Waals surface area (Å²) in [6, 6.07) is 0.252. The summed E-state index contributed by atoms with van der Waals surface area (Å²) in [4.78, 5) is 0. The summed E-state index contributed by atoms with van der Waals surface area (Å²) in [5.41, 5.74) is 11.8. The summed E-state index contributed by atoms with van der Waals surface area (Å²) in [5.74, 6) is 0. The molecule has 0 saturated heterocycles. The molecule has 1 atom stereocenters. The minimum absolute atomic E-state index is 0.0660. The van der Waals surface area contributed by atoms with Gasteiger partial charge in [-0.3, -0.25) is 0 Å². The molecule has 1 unspecified atom stereocenters. The Morgan fingerprint density at radius 2 is 1.86 bits per heavy atom. The van der Waals surface area contributed by atoms with Gasteiger partial charge in [0.1, 0.15) is 0 Å². The van der Waals surface area contributed by atoms with Crippen molar-refractivity contribution in [3.05, 3.63) is 58.7 Å². The molecule has 0 bridgehead atoms. The van der Waals surface area contributed by atoms with Crippen LogP contribution in [-0.2, 0) is 0 Å². The fourth-order valence-corrected chi connectivity index (χ4v) is 2.69. The Labute approximate surface area is 131 Å². The first-order chi connectivity index (χ1) is 9.78. The molecule has 1 nitrogen and oxygen atoms in total. The lowest BCUT2D eigenvalue weighted by molar-refractivity contribution is 0.315. The molecule has 0 spiro atoms. The minimum Gasteiger partial charge on any atom is -0.327 e. The summed E-state index contributed by atoms with van der Waals surface area (Å²) >= 11 is 0. The molecule has 0 fully saturated rings. The molecule has 21 heavy (non-hydrogen) atoms. The molecule has 0 aromatic rings. The van der Waals surface area contributed by atoms with Crippen molar-refractivity contribution in [2.75, 3.05) is 0 Å². The predicted molar refractivity (Wildman–Crippen MR) is 95.2 cm³/mol. The van der Waals surface area contributed by atoms with Crippen molar-refractivity contribution in [3.8, 4) is 0 Å². The van der Waals surface area contributed by atoms with Gasteiger partial charge < -0.3 is 5.73 Å². The van der Waals surface area contributed by atoms with E-state index in [9.17, 15) is 0 Å². The number of hydrogen-bond acceptors (Lipinski definition) is 1. The van der Waals surface area contributed by atoms with Crippen LogP contribution in [0.4, 0.5) is 0 Å². The highest BCUT2D eigenvalue weighted by atomic mass is 14.7. The van der Waals surface area contributed by atoms with Crippen LogP contribution in [0.5, 0.6) is 0 Å². The molecule has 0 radical (unpaired) electrons. The average Bonchev–Trinajstić information content (AvgIpc) is 2.42. The van der Waals surface area contributed by atoms with Gasteiger partial charge in [-0.2, -0.15) is 0 Å². The van der Waals surface area contributed by atoms with Crippen LogP contribution >= 0.6 is 0 Å². The average molecular weight is 285 g/mol. The topological polar surface area (TPSA) is 26.0 Å². The molecular weight excluding hydrogens is 254 g/mol. The molecule has 0 aliphatic heterocycles. The molecule has 0 aromatic heterocycles. The monoisotopic (exact) mass is 285 g/mol. The Morgan fingerprint density at radius 3 is 2.48 bits per heavy atom. The van der Waals surface area contributed by atoms with E-state index in [0.717, 1.165) is 12.8 Å². The van der Waals surface area contributed by atoms with E-state index in [1.807, 2.05) is 0 Å². The van der Waals surface area contributed by atoms with Crippen LogP contribution in [0, 0.1) is 5.41 Å². The molecule has 1 rings (SSSR count). The van der Waals surface area contributed by atoms with Crippen LogP contribution in [0.25, 0.3) is 0 Å². The van der Waals surface area contributed by atoms with E-state index in [1.54, 1.807) is 0 Å². The molecule has 2 N–H and O–H groups in total. The Kier molecular flexibility index (Phi) is 6.42. The van der Waals surface area contributed by atoms with Gasteiger partial charge >= 0.3 is 0 Å². The molecule has 0 amide bonds. The number of allylic oxidation sites excluding steroid dienone is 9. The summed E-state index contributed by atoms with van der Waals surface area (Å²) in [7, 11) is 0. The molecule has 0 saturated carbocycles. The van der Waals surface area contributed by atoms with Gasteiger partial charge in [-0.15, -0.1) is 0 Å². The van der Waals surface area contributed by atoms with Crippen LogP contribution in [0.2, 0.25) is 0 Å². The molecule has 1 heteroatoms. The van der Waals surface area contributed by atoms with Crippen LogP contribution in [0.15, 0.2) is 58.7 Å². The first-order valence-electron chi connectivity index (χ1n) is 7.90. The highest BCUT2D eigenvalue weighted by Crippen LogP contribution is 2.40. The van der Waals surface area contributed by atoms with E-state index in [4.69, 9.17) is 5.73 Å². The zero-order valence-corrected chi connectivity index (χ0v) is 14.5. The van der Waals surface area contributed by atoms with Crippen LogP contribution in [-0.4, -0.2) is 6.04 Å². The SMILES string of the molecule is CC=C(C)C=CC=C(C)C=CC1=C(C)CCC(N)C1(C)C. The van der Waals surface area contributed by atoms with Gasteiger partial charge in [-0.05, 0) is 46.1 Å². The van der Waals surface area contributed by atoms with Crippen molar-refractivity contribution in [3.63, 3.8) is 0 Å². The molecule has 0 heterocycles. The zero-order valence-electron chi connectivity index (χ0n) is 14.5. The van der Waals surface area contributed by atoms with Gasteiger partial charge in [0.05, 0.1) is 0 Å². The van der Waals surface area contributed by atoms with E-state index in [2.05, 4.69) is 78.0 Å². The highest BCUT2D eigenvalue weighted by Gasteiger charge is 2.33. The number of hydrogen-bond donors (Lipinski definition) is 1. The third-order valence-electron chi connectivity index (χ3n) is 4.60. The maximum atomic E-state index is 6.30. The Bertz CT molecular complexity index is 510. The summed E-state index contributed by atoms with van der Waals surface area (Å²) in [5, 5.41) is 0. The van der Waals surface area contributed by atoms with E-state index in [-0.39, 0.29) is 11.5 Å². The van der Waals surface area contributed by atoms with E-state index < -0.39 is 0 Å². The van der Waals surface area contributed by atoms with Crippen molar-refractivity contribution in [1.82, 2.24) is 0 Å². The molecule has 1 aliphatic rings. The normalized spacial score (nSPS) is 24.4. The second-order valence-electron chi connectivity index (χ2n) is 6.70. The van der Waals surface area contributed by atoms with E-state index in [0.29, 0.717) is 0 Å². The van der Waals surface area contributed by atoms with E-state index in [1.165, 1.54) is 22.3 Å². The Balaban J connectivity index is 2.88. The first-order valence-corrected chi connectivity index (χ1v) is 7.90. The summed E-state index contributed by atoms with van der Waals surface area (Å²) < 4.78 is 0. The maximum absolute atomic E-state index is 6.30. The second-order valence-corrected chi connectivity index (χ2v) is 6.70. The van der Waals surface area contributed by atoms with Gasteiger partial charge in [0.2, 0.25) is 0 Å². The van der Waals surface area contributed by atoms with Gasteiger partial charge in [-0.25, -0.2) is 0 Å². The van der Waals surface area contributed by atoms with Crippen LogP contribution < -0.4 is 5.73 Å². The van der Waals surface area contributed by atoms with Crippen molar-refractivity contribution >= 4 is 0 Å². The summed E-state index contributed by atoms with van der Waals surface area (Å²) in [6.45, 7) is 13.1. The van der Waals surface area contributed by atoms with Crippen molar-refractivity contribution in [1.29, 1.82) is 0 Å². The highest BCUT2D eigenvalue weighted by molar-refractivity contribution is 5.38. The minimum atomic E-state index is 0.0660. The molecule has 0 aromatic carbocycles. The molecule has 1 aliphatic carbocycles. The third kappa shape index (κ3) is 4.86. The standard InChI is InChI=1S/C20H31N/c1-7-15(2)9-8-10-16(3)11-13-18-17(4)12-14-19(21)20(18,5)6/h7-11,13,19H,12,14,21H2,1-6H3. The van der Waals surface area contributed by atoms with Gasteiger partial charge in [0.25, 0.3) is 0 Å². The summed E-state index contributed by atoms with van der Waals surface area (Å²) in [6.07, 6.45) is 15.2. The second kappa shape index (κ2) is 7.61. The predicted octanol–water partition coefficient (Wildman–Crippen LogP) is 5.48. The number of rotatable bonds is 4. The fourth-order valence-electron chi connectivity index (χ4n) is 2.69. The lowest BCUT2D eigenvalue weighted by Gasteiger charge is -2.38.